The Morgan fingerprint density at radius 3 is 2.19 bits per heavy atom. The van der Waals surface area contributed by atoms with Crippen LogP contribution in [0.1, 0.15) is 40.5 Å². The molecule has 0 N–H and O–H groups in total. The third-order valence-electron chi connectivity index (χ3n) is 3.54. The molecule has 1 unspecified atom stereocenters. The third-order valence-corrected chi connectivity index (χ3v) is 4.73. The van der Waals surface area contributed by atoms with Crippen molar-refractivity contribution in [3.8, 4) is 6.07 Å². The molecule has 0 saturated heterocycles. The molecule has 0 spiro atoms. The number of hydrogen-bond acceptors (Lipinski definition) is 2. The van der Waals surface area contributed by atoms with Crippen molar-refractivity contribution in [3.05, 3.63) is 0 Å². The average molecular weight is 289 g/mol. The van der Waals surface area contributed by atoms with E-state index in [1.165, 1.54) is 12.8 Å². The molecule has 0 aliphatic carbocycles. The lowest BCUT2D eigenvalue weighted by Gasteiger charge is -2.36. The second-order valence-corrected chi connectivity index (χ2v) is 5.26. The molecule has 0 rings (SSSR count). The van der Waals surface area contributed by atoms with E-state index in [9.17, 15) is 0 Å². The smallest absolute Gasteiger partial charge is 0.0666 e. The summed E-state index contributed by atoms with van der Waals surface area (Å²) in [5.41, 5.74) is 0.366. The van der Waals surface area contributed by atoms with Gasteiger partial charge in [0.2, 0.25) is 0 Å². The molecule has 0 amide bonds. The van der Waals surface area contributed by atoms with Gasteiger partial charge in [-0.2, -0.15) is 5.26 Å². The molecule has 0 heterocycles. The van der Waals surface area contributed by atoms with Gasteiger partial charge in [0.1, 0.15) is 0 Å². The van der Waals surface area contributed by atoms with E-state index in [1.807, 2.05) is 6.92 Å². The molecule has 3 heteroatoms. The number of alkyl halides is 1. The Morgan fingerprint density at radius 1 is 1.31 bits per heavy atom. The maximum atomic E-state index is 8.86. The highest BCUT2D eigenvalue weighted by atomic mass is 79.9. The number of rotatable bonds is 8. The van der Waals surface area contributed by atoms with Gasteiger partial charge in [-0.15, -0.1) is 0 Å². The Morgan fingerprint density at radius 2 is 1.88 bits per heavy atom. The minimum Gasteiger partial charge on any atom is -0.302 e. The van der Waals surface area contributed by atoms with Crippen LogP contribution in [0.5, 0.6) is 0 Å². The van der Waals surface area contributed by atoms with Gasteiger partial charge < -0.3 is 4.90 Å². The van der Waals surface area contributed by atoms with Crippen LogP contribution in [0.2, 0.25) is 0 Å². The Labute approximate surface area is 109 Å². The van der Waals surface area contributed by atoms with Crippen molar-refractivity contribution in [2.75, 3.05) is 25.0 Å². The SMILES string of the molecule is CCN(CC(C)C#N)CC(CC)(CC)CBr. The first-order valence-corrected chi connectivity index (χ1v) is 7.37. The second-order valence-electron chi connectivity index (χ2n) is 4.70. The van der Waals surface area contributed by atoms with E-state index < -0.39 is 0 Å². The normalized spacial score (nSPS) is 13.8. The maximum absolute atomic E-state index is 8.86. The molecule has 94 valence electrons. The summed E-state index contributed by atoms with van der Waals surface area (Å²) >= 11 is 3.64. The highest BCUT2D eigenvalue weighted by Crippen LogP contribution is 2.30. The first kappa shape index (κ1) is 15.9. The summed E-state index contributed by atoms with van der Waals surface area (Å²) in [4.78, 5) is 2.40. The molecular weight excluding hydrogens is 264 g/mol. The van der Waals surface area contributed by atoms with Crippen LogP contribution in [-0.4, -0.2) is 29.9 Å². The molecule has 0 aliphatic heterocycles. The molecule has 0 aromatic rings. The molecule has 0 fully saturated rings. The topological polar surface area (TPSA) is 27.0 Å². The zero-order chi connectivity index (χ0) is 12.6. The maximum Gasteiger partial charge on any atom is 0.0666 e. The van der Waals surface area contributed by atoms with Crippen LogP contribution < -0.4 is 0 Å². The van der Waals surface area contributed by atoms with Crippen LogP contribution in [0, 0.1) is 22.7 Å². The van der Waals surface area contributed by atoms with Crippen molar-refractivity contribution in [2.45, 2.75) is 40.5 Å². The number of nitriles is 1. The van der Waals surface area contributed by atoms with E-state index in [0.29, 0.717) is 5.41 Å². The third kappa shape index (κ3) is 4.84. The highest BCUT2D eigenvalue weighted by molar-refractivity contribution is 9.09. The lowest BCUT2D eigenvalue weighted by Crippen LogP contribution is -2.40. The van der Waals surface area contributed by atoms with E-state index in [-0.39, 0.29) is 5.92 Å². The quantitative estimate of drug-likeness (QED) is 0.637. The van der Waals surface area contributed by atoms with E-state index in [4.69, 9.17) is 5.26 Å². The minimum atomic E-state index is 0.127. The van der Waals surface area contributed by atoms with E-state index >= 15 is 0 Å². The van der Waals surface area contributed by atoms with Crippen LogP contribution in [0.15, 0.2) is 0 Å². The molecule has 0 bridgehead atoms. The summed E-state index contributed by atoms with van der Waals surface area (Å²) in [5, 5.41) is 9.91. The zero-order valence-electron chi connectivity index (χ0n) is 11.1. The average Bonchev–Trinajstić information content (AvgIpc) is 2.34. The van der Waals surface area contributed by atoms with Crippen LogP contribution in [-0.2, 0) is 0 Å². The van der Waals surface area contributed by atoms with Gasteiger partial charge in [0.15, 0.2) is 0 Å². The summed E-state index contributed by atoms with van der Waals surface area (Å²) in [6.45, 7) is 11.7. The Hall–Kier alpha value is -0.0700. The van der Waals surface area contributed by atoms with E-state index in [2.05, 4.69) is 47.7 Å². The van der Waals surface area contributed by atoms with Crippen molar-refractivity contribution >= 4 is 15.9 Å². The van der Waals surface area contributed by atoms with Crippen molar-refractivity contribution in [1.29, 1.82) is 5.26 Å². The molecular formula is C13H25BrN2. The van der Waals surface area contributed by atoms with Crippen LogP contribution >= 0.6 is 15.9 Å². The Bertz CT molecular complexity index is 210. The summed E-state index contributed by atoms with van der Waals surface area (Å²) in [5.74, 6) is 0.127. The van der Waals surface area contributed by atoms with Gasteiger partial charge in [-0.05, 0) is 31.7 Å². The van der Waals surface area contributed by atoms with Gasteiger partial charge in [0.05, 0.1) is 12.0 Å². The Balaban J connectivity index is 4.44. The first-order valence-electron chi connectivity index (χ1n) is 6.25. The zero-order valence-corrected chi connectivity index (χ0v) is 12.7. The van der Waals surface area contributed by atoms with Crippen molar-refractivity contribution in [1.82, 2.24) is 4.90 Å². The van der Waals surface area contributed by atoms with Gasteiger partial charge in [-0.3, -0.25) is 0 Å². The summed E-state index contributed by atoms with van der Waals surface area (Å²) in [6.07, 6.45) is 2.37. The lowest BCUT2D eigenvalue weighted by molar-refractivity contribution is 0.156. The van der Waals surface area contributed by atoms with Gasteiger partial charge in [0.25, 0.3) is 0 Å². The first-order chi connectivity index (χ1) is 7.57. The van der Waals surface area contributed by atoms with Crippen LogP contribution in [0.25, 0.3) is 0 Å². The van der Waals surface area contributed by atoms with E-state index in [0.717, 1.165) is 25.0 Å². The lowest BCUT2D eigenvalue weighted by atomic mass is 9.84. The molecule has 0 aromatic heterocycles. The van der Waals surface area contributed by atoms with Crippen molar-refractivity contribution < 1.29 is 0 Å². The van der Waals surface area contributed by atoms with Gasteiger partial charge in [-0.1, -0.05) is 36.7 Å². The molecule has 1 atom stereocenters. The number of halogens is 1. The highest BCUT2D eigenvalue weighted by Gasteiger charge is 2.27. The fourth-order valence-electron chi connectivity index (χ4n) is 1.91. The fourth-order valence-corrected chi connectivity index (χ4v) is 2.88. The predicted molar refractivity (Wildman–Crippen MR) is 73.7 cm³/mol. The summed E-state index contributed by atoms with van der Waals surface area (Å²) in [6, 6.07) is 2.32. The molecule has 2 nitrogen and oxygen atoms in total. The predicted octanol–water partition coefficient (Wildman–Crippen LogP) is 3.67. The molecule has 0 aliphatic rings. The summed E-state index contributed by atoms with van der Waals surface area (Å²) in [7, 11) is 0. The van der Waals surface area contributed by atoms with Crippen LogP contribution in [0.4, 0.5) is 0 Å². The standard InChI is InChI=1S/C13H25BrN2/c1-5-13(6-2,10-14)11-16(7-3)9-12(4)8-15/h12H,5-7,9-11H2,1-4H3. The molecule has 16 heavy (non-hydrogen) atoms. The fraction of sp³-hybridized carbons (Fsp3) is 0.923. The number of hydrogen-bond donors (Lipinski definition) is 0. The van der Waals surface area contributed by atoms with Gasteiger partial charge >= 0.3 is 0 Å². The largest absolute Gasteiger partial charge is 0.302 e. The van der Waals surface area contributed by atoms with E-state index in [1.54, 1.807) is 0 Å². The second kappa shape index (κ2) is 8.08. The molecule has 0 aromatic carbocycles. The minimum absolute atomic E-state index is 0.127. The van der Waals surface area contributed by atoms with Crippen molar-refractivity contribution in [2.24, 2.45) is 11.3 Å². The van der Waals surface area contributed by atoms with Crippen LogP contribution in [0.3, 0.4) is 0 Å². The number of nitrogens with zero attached hydrogens (tertiary/aromatic N) is 2. The molecule has 0 saturated carbocycles. The Kier molecular flexibility index (Phi) is 8.05. The van der Waals surface area contributed by atoms with Gasteiger partial charge in [-0.25, -0.2) is 0 Å². The summed E-state index contributed by atoms with van der Waals surface area (Å²) < 4.78 is 0. The van der Waals surface area contributed by atoms with Crippen molar-refractivity contribution in [3.63, 3.8) is 0 Å². The monoisotopic (exact) mass is 288 g/mol. The molecule has 0 radical (unpaired) electrons. The van der Waals surface area contributed by atoms with Gasteiger partial charge in [0, 0.05) is 18.4 Å².